The lowest BCUT2D eigenvalue weighted by atomic mass is 10.0. The fourth-order valence-electron chi connectivity index (χ4n) is 1.89. The zero-order valence-corrected chi connectivity index (χ0v) is 10.7. The van der Waals surface area contributed by atoms with Crippen molar-refractivity contribution in [2.24, 2.45) is 5.92 Å². The van der Waals surface area contributed by atoms with E-state index in [1.54, 1.807) is 32.0 Å². The van der Waals surface area contributed by atoms with Gasteiger partial charge in [-0.15, -0.1) is 0 Å². The lowest BCUT2D eigenvalue weighted by molar-refractivity contribution is -0.140. The van der Waals surface area contributed by atoms with Crippen molar-refractivity contribution in [2.45, 2.75) is 19.9 Å². The van der Waals surface area contributed by atoms with Gasteiger partial charge in [0.25, 0.3) is 5.91 Å². The number of amides is 1. The highest BCUT2D eigenvalue weighted by atomic mass is 16.4. The number of para-hydroxylation sites is 1. The molecular weight excluding hydrogens is 246 g/mol. The summed E-state index contributed by atoms with van der Waals surface area (Å²) < 4.78 is 5.26. The molecule has 100 valence electrons. The second-order valence-electron chi connectivity index (χ2n) is 4.68. The summed E-state index contributed by atoms with van der Waals surface area (Å²) in [5, 5.41) is 12.3. The summed E-state index contributed by atoms with van der Waals surface area (Å²) in [5.74, 6) is -1.68. The van der Waals surface area contributed by atoms with Crippen LogP contribution in [0, 0.1) is 5.92 Å². The minimum absolute atomic E-state index is 0.195. The third kappa shape index (κ3) is 2.59. The van der Waals surface area contributed by atoms with E-state index in [-0.39, 0.29) is 5.92 Å². The van der Waals surface area contributed by atoms with Gasteiger partial charge in [-0.2, -0.15) is 0 Å². The second kappa shape index (κ2) is 5.14. The van der Waals surface area contributed by atoms with Gasteiger partial charge in [-0.1, -0.05) is 32.0 Å². The summed E-state index contributed by atoms with van der Waals surface area (Å²) in [4.78, 5) is 23.2. The summed E-state index contributed by atoms with van der Waals surface area (Å²) in [6.45, 7) is 3.49. The van der Waals surface area contributed by atoms with E-state index in [1.807, 2.05) is 6.07 Å². The number of carbonyl (C=O) groups is 2. The van der Waals surface area contributed by atoms with Crippen molar-refractivity contribution in [2.75, 3.05) is 0 Å². The van der Waals surface area contributed by atoms with E-state index in [0.29, 0.717) is 16.5 Å². The Morgan fingerprint density at radius 1 is 1.26 bits per heavy atom. The number of benzene rings is 1. The minimum Gasteiger partial charge on any atom is -0.480 e. The first-order valence-electron chi connectivity index (χ1n) is 6.00. The molecule has 1 atom stereocenters. The molecule has 0 aliphatic heterocycles. The maximum Gasteiger partial charge on any atom is 0.326 e. The van der Waals surface area contributed by atoms with Crippen molar-refractivity contribution < 1.29 is 19.1 Å². The van der Waals surface area contributed by atoms with E-state index in [4.69, 9.17) is 9.52 Å². The number of hydrogen-bond donors (Lipinski definition) is 2. The monoisotopic (exact) mass is 261 g/mol. The number of fused-ring (bicyclic) bond motifs is 1. The normalized spacial score (nSPS) is 12.6. The molecule has 1 aromatic heterocycles. The number of furan rings is 1. The molecule has 2 rings (SSSR count). The van der Waals surface area contributed by atoms with Crippen molar-refractivity contribution in [1.82, 2.24) is 5.32 Å². The third-order valence-corrected chi connectivity index (χ3v) is 2.94. The van der Waals surface area contributed by atoms with E-state index in [1.165, 1.54) is 6.26 Å². The Morgan fingerprint density at radius 3 is 2.58 bits per heavy atom. The van der Waals surface area contributed by atoms with Crippen LogP contribution in [0.2, 0.25) is 0 Å². The molecule has 0 aliphatic carbocycles. The molecule has 2 aromatic rings. The first-order valence-corrected chi connectivity index (χ1v) is 6.00. The van der Waals surface area contributed by atoms with Crippen LogP contribution in [0.15, 0.2) is 34.9 Å². The van der Waals surface area contributed by atoms with Gasteiger partial charge >= 0.3 is 5.97 Å². The van der Waals surface area contributed by atoms with Gasteiger partial charge in [-0.3, -0.25) is 4.79 Å². The smallest absolute Gasteiger partial charge is 0.326 e. The SMILES string of the molecule is CC(C)C(NC(=O)c1coc2ccccc12)C(=O)O. The predicted octanol–water partition coefficient (Wildman–Crippen LogP) is 2.27. The number of carbonyl (C=O) groups excluding carboxylic acids is 1. The van der Waals surface area contributed by atoms with Crippen LogP contribution in [0.1, 0.15) is 24.2 Å². The average Bonchev–Trinajstić information content (AvgIpc) is 2.78. The first-order chi connectivity index (χ1) is 9.00. The molecule has 0 spiro atoms. The molecule has 1 amide bonds. The molecule has 5 heteroatoms. The molecule has 1 unspecified atom stereocenters. The fourth-order valence-corrected chi connectivity index (χ4v) is 1.89. The van der Waals surface area contributed by atoms with E-state index in [2.05, 4.69) is 5.32 Å². The highest BCUT2D eigenvalue weighted by Crippen LogP contribution is 2.20. The van der Waals surface area contributed by atoms with Gasteiger partial charge in [0.15, 0.2) is 0 Å². The highest BCUT2D eigenvalue weighted by Gasteiger charge is 2.25. The number of carboxylic acids is 1. The third-order valence-electron chi connectivity index (χ3n) is 2.94. The molecule has 5 nitrogen and oxygen atoms in total. The Kier molecular flexibility index (Phi) is 3.55. The zero-order chi connectivity index (χ0) is 14.0. The van der Waals surface area contributed by atoms with Gasteiger partial charge in [-0.05, 0) is 12.0 Å². The molecule has 2 N–H and O–H groups in total. The van der Waals surface area contributed by atoms with E-state index >= 15 is 0 Å². The largest absolute Gasteiger partial charge is 0.480 e. The van der Waals surface area contributed by atoms with Gasteiger partial charge in [0.2, 0.25) is 0 Å². The topological polar surface area (TPSA) is 79.5 Å². The van der Waals surface area contributed by atoms with E-state index in [9.17, 15) is 9.59 Å². The quantitative estimate of drug-likeness (QED) is 0.884. The van der Waals surface area contributed by atoms with Crippen LogP contribution >= 0.6 is 0 Å². The molecule has 19 heavy (non-hydrogen) atoms. The predicted molar refractivity (Wildman–Crippen MR) is 69.9 cm³/mol. The van der Waals surface area contributed by atoms with Crippen LogP contribution in [-0.2, 0) is 4.79 Å². The van der Waals surface area contributed by atoms with Crippen LogP contribution < -0.4 is 5.32 Å². The average molecular weight is 261 g/mol. The van der Waals surface area contributed by atoms with E-state index < -0.39 is 17.9 Å². The fraction of sp³-hybridized carbons (Fsp3) is 0.286. The summed E-state index contributed by atoms with van der Waals surface area (Å²) in [7, 11) is 0. The maximum absolute atomic E-state index is 12.1. The van der Waals surface area contributed by atoms with Crippen molar-refractivity contribution in [1.29, 1.82) is 0 Å². The van der Waals surface area contributed by atoms with Gasteiger partial charge in [0.05, 0.1) is 5.56 Å². The van der Waals surface area contributed by atoms with Gasteiger partial charge in [-0.25, -0.2) is 4.79 Å². The Hall–Kier alpha value is -2.30. The van der Waals surface area contributed by atoms with E-state index in [0.717, 1.165) is 0 Å². The Labute approximate surface area is 110 Å². The molecule has 0 fully saturated rings. The Morgan fingerprint density at radius 2 is 1.95 bits per heavy atom. The van der Waals surface area contributed by atoms with Crippen LogP contribution in [-0.4, -0.2) is 23.0 Å². The standard InChI is InChI=1S/C14H15NO4/c1-8(2)12(14(17)18)15-13(16)10-7-19-11-6-4-3-5-9(10)11/h3-8,12H,1-2H3,(H,15,16)(H,17,18). The van der Waals surface area contributed by atoms with Crippen molar-refractivity contribution in [3.63, 3.8) is 0 Å². The van der Waals surface area contributed by atoms with Gasteiger partial charge in [0.1, 0.15) is 17.9 Å². The van der Waals surface area contributed by atoms with Crippen LogP contribution in [0.4, 0.5) is 0 Å². The summed E-state index contributed by atoms with van der Waals surface area (Å²) in [5.41, 5.74) is 0.951. The second-order valence-corrected chi connectivity index (χ2v) is 4.68. The summed E-state index contributed by atoms with van der Waals surface area (Å²) in [6.07, 6.45) is 1.35. The first kappa shape index (κ1) is 13.1. The number of hydrogen-bond acceptors (Lipinski definition) is 3. The minimum atomic E-state index is -1.05. The molecular formula is C14H15NO4. The lowest BCUT2D eigenvalue weighted by Crippen LogP contribution is -2.44. The molecule has 0 aliphatic rings. The van der Waals surface area contributed by atoms with Crippen molar-refractivity contribution in [3.05, 3.63) is 36.1 Å². The summed E-state index contributed by atoms with van der Waals surface area (Å²) >= 11 is 0. The number of nitrogens with one attached hydrogen (secondary N) is 1. The summed E-state index contributed by atoms with van der Waals surface area (Å²) in [6, 6.07) is 6.21. The zero-order valence-electron chi connectivity index (χ0n) is 10.7. The van der Waals surface area contributed by atoms with Gasteiger partial charge < -0.3 is 14.8 Å². The van der Waals surface area contributed by atoms with Crippen LogP contribution in [0.25, 0.3) is 11.0 Å². The molecule has 0 saturated carbocycles. The molecule has 1 heterocycles. The Bertz CT molecular complexity index is 615. The molecule has 0 bridgehead atoms. The van der Waals surface area contributed by atoms with Crippen molar-refractivity contribution >= 4 is 22.8 Å². The van der Waals surface area contributed by atoms with Crippen LogP contribution in [0.5, 0.6) is 0 Å². The van der Waals surface area contributed by atoms with Crippen LogP contribution in [0.3, 0.4) is 0 Å². The molecule has 1 aromatic carbocycles. The van der Waals surface area contributed by atoms with Gasteiger partial charge in [0, 0.05) is 5.39 Å². The Balaban J connectivity index is 2.27. The lowest BCUT2D eigenvalue weighted by Gasteiger charge is -2.17. The number of aliphatic carboxylic acids is 1. The molecule has 0 saturated heterocycles. The molecule has 0 radical (unpaired) electrons. The maximum atomic E-state index is 12.1. The highest BCUT2D eigenvalue weighted by molar-refractivity contribution is 6.06. The van der Waals surface area contributed by atoms with Crippen molar-refractivity contribution in [3.8, 4) is 0 Å². The number of rotatable bonds is 4. The number of carboxylic acid groups (broad SMARTS) is 1.